The van der Waals surface area contributed by atoms with Gasteiger partial charge in [-0.15, -0.1) is 0 Å². The van der Waals surface area contributed by atoms with Gasteiger partial charge in [0.15, 0.2) is 0 Å². The van der Waals surface area contributed by atoms with Crippen LogP contribution in [-0.2, 0) is 4.79 Å². The van der Waals surface area contributed by atoms with Gasteiger partial charge in [0.05, 0.1) is 0 Å². The molecule has 0 aromatic rings. The van der Waals surface area contributed by atoms with Crippen LogP contribution in [0.4, 0.5) is 0 Å². The summed E-state index contributed by atoms with van der Waals surface area (Å²) < 4.78 is -0.0511. The maximum atomic E-state index is 11.4. The third-order valence-corrected chi connectivity index (χ3v) is 8.34. The minimum absolute atomic E-state index is 0.0106. The van der Waals surface area contributed by atoms with Gasteiger partial charge < -0.3 is 0 Å². The Kier molecular flexibility index (Phi) is 4.44. The Hall–Kier alpha value is 0.200. The van der Waals surface area contributed by atoms with Gasteiger partial charge in [0.2, 0.25) is 0 Å². The molecule has 1 aliphatic rings. The quantitative estimate of drug-likeness (QED) is 0.635. The van der Waals surface area contributed by atoms with Crippen molar-refractivity contribution >= 4 is 25.8 Å². The molecule has 15 heavy (non-hydrogen) atoms. The molecule has 0 aromatic carbocycles. The molecule has 1 aliphatic carbocycles. The molecule has 1 fully saturated rings. The minimum atomic E-state index is -1.30. The van der Waals surface area contributed by atoms with Crippen LogP contribution in [0.5, 0.6) is 0 Å². The van der Waals surface area contributed by atoms with Gasteiger partial charge in [-0.25, -0.2) is 0 Å². The number of carbonyl (C=O) groups is 1. The van der Waals surface area contributed by atoms with Gasteiger partial charge in [-0.3, -0.25) is 0 Å². The Labute approximate surface area is 100 Å². The van der Waals surface area contributed by atoms with Crippen molar-refractivity contribution < 1.29 is 9.90 Å². The topological polar surface area (TPSA) is 37.3 Å². The van der Waals surface area contributed by atoms with Gasteiger partial charge in [0.25, 0.3) is 0 Å². The van der Waals surface area contributed by atoms with Gasteiger partial charge >= 0.3 is 100 Å². The zero-order valence-corrected chi connectivity index (χ0v) is 12.4. The summed E-state index contributed by atoms with van der Waals surface area (Å²) in [5.74, 6) is 0.0837. The normalized spacial score (nSPS) is 21.5. The molecule has 1 saturated carbocycles. The standard InChI is InChI=1S/C12H23IO2/c1-12(2,9-7-5-6-8-9)10(11(14)15)13(3)4/h9-10H,5-8H2,1-4H3,(H,14,15). The van der Waals surface area contributed by atoms with Crippen molar-refractivity contribution in [3.8, 4) is 0 Å². The van der Waals surface area contributed by atoms with Crippen LogP contribution in [0.3, 0.4) is 0 Å². The van der Waals surface area contributed by atoms with Crippen LogP contribution in [0.25, 0.3) is 0 Å². The van der Waals surface area contributed by atoms with Crippen molar-refractivity contribution in [3.05, 3.63) is 0 Å². The number of hydrogen-bond acceptors (Lipinski definition) is 1. The molecule has 1 N–H and O–H groups in total. The first-order valence-corrected chi connectivity index (χ1v) is 11.1. The van der Waals surface area contributed by atoms with Gasteiger partial charge in [0, 0.05) is 0 Å². The van der Waals surface area contributed by atoms with Crippen LogP contribution in [0, 0.1) is 11.3 Å². The number of aliphatic carboxylic acids is 1. The van der Waals surface area contributed by atoms with Crippen LogP contribution in [-0.4, -0.2) is 24.9 Å². The molecule has 3 heteroatoms. The summed E-state index contributed by atoms with van der Waals surface area (Å²) in [7, 11) is 0. The summed E-state index contributed by atoms with van der Waals surface area (Å²) in [6, 6.07) is 0. The van der Waals surface area contributed by atoms with Crippen molar-refractivity contribution in [2.45, 2.75) is 43.5 Å². The van der Waals surface area contributed by atoms with Gasteiger partial charge in [-0.2, -0.15) is 0 Å². The van der Waals surface area contributed by atoms with E-state index in [0.717, 1.165) is 0 Å². The maximum absolute atomic E-state index is 11.4. The summed E-state index contributed by atoms with van der Waals surface area (Å²) in [4.78, 5) is 15.7. The van der Waals surface area contributed by atoms with Gasteiger partial charge in [-0.1, -0.05) is 0 Å². The molecule has 1 unspecified atom stereocenters. The van der Waals surface area contributed by atoms with Crippen LogP contribution < -0.4 is 0 Å². The fourth-order valence-electron chi connectivity index (χ4n) is 2.94. The van der Waals surface area contributed by atoms with E-state index in [4.69, 9.17) is 0 Å². The molecular weight excluding hydrogens is 303 g/mol. The number of alkyl halides is 3. The zero-order chi connectivity index (χ0) is 11.6. The van der Waals surface area contributed by atoms with Crippen LogP contribution in [0.15, 0.2) is 0 Å². The third kappa shape index (κ3) is 2.86. The second-order valence-corrected chi connectivity index (χ2v) is 11.2. The molecule has 0 spiro atoms. The van der Waals surface area contributed by atoms with E-state index in [0.29, 0.717) is 5.92 Å². The number of hydrogen-bond donors (Lipinski definition) is 1. The van der Waals surface area contributed by atoms with E-state index in [1.165, 1.54) is 25.7 Å². The van der Waals surface area contributed by atoms with Crippen LogP contribution in [0.2, 0.25) is 0 Å². The Morgan fingerprint density at radius 2 is 1.80 bits per heavy atom. The van der Waals surface area contributed by atoms with Gasteiger partial charge in [-0.05, 0) is 0 Å². The van der Waals surface area contributed by atoms with Crippen molar-refractivity contribution in [3.63, 3.8) is 0 Å². The molecule has 0 aromatic heterocycles. The second-order valence-electron chi connectivity index (χ2n) is 5.32. The summed E-state index contributed by atoms with van der Waals surface area (Å²) in [6.45, 7) is 4.36. The van der Waals surface area contributed by atoms with E-state index in [2.05, 4.69) is 23.7 Å². The second kappa shape index (κ2) is 5.02. The number of carboxylic acids is 1. The summed E-state index contributed by atoms with van der Waals surface area (Å²) >= 11 is -1.30. The Morgan fingerprint density at radius 3 is 2.13 bits per heavy atom. The molecule has 0 radical (unpaired) electrons. The first-order chi connectivity index (χ1) is 6.87. The number of rotatable bonds is 4. The summed E-state index contributed by atoms with van der Waals surface area (Å²) in [6.07, 6.45) is 5.06. The molecule has 0 bridgehead atoms. The molecule has 0 heterocycles. The average molecular weight is 326 g/mol. The molecule has 0 amide bonds. The SMILES string of the molecule is CI(C)C(C(=O)O)C(C)(C)C1CCCC1. The predicted octanol–water partition coefficient (Wildman–Crippen LogP) is 3.42. The van der Waals surface area contributed by atoms with Crippen LogP contribution in [0.1, 0.15) is 39.5 Å². The van der Waals surface area contributed by atoms with Crippen molar-refractivity contribution in [1.82, 2.24) is 0 Å². The fraction of sp³-hybridized carbons (Fsp3) is 0.917. The van der Waals surface area contributed by atoms with E-state index in [1.54, 1.807) is 0 Å². The third-order valence-electron chi connectivity index (χ3n) is 3.71. The number of carboxylic acid groups (broad SMARTS) is 1. The predicted molar refractivity (Wildman–Crippen MR) is 73.0 cm³/mol. The van der Waals surface area contributed by atoms with E-state index in [9.17, 15) is 9.90 Å². The van der Waals surface area contributed by atoms with Crippen molar-refractivity contribution in [1.29, 1.82) is 0 Å². The van der Waals surface area contributed by atoms with E-state index in [1.807, 2.05) is 0 Å². The number of halogens is 1. The monoisotopic (exact) mass is 326 g/mol. The summed E-state index contributed by atoms with van der Waals surface area (Å²) in [5.41, 5.74) is 0.0106. The first-order valence-electron chi connectivity index (χ1n) is 5.58. The zero-order valence-electron chi connectivity index (χ0n) is 10.2. The molecule has 1 rings (SSSR count). The van der Waals surface area contributed by atoms with E-state index >= 15 is 0 Å². The summed E-state index contributed by atoms with van der Waals surface area (Å²) in [5, 5.41) is 9.38. The molecule has 0 aliphatic heterocycles. The van der Waals surface area contributed by atoms with Crippen molar-refractivity contribution in [2.24, 2.45) is 11.3 Å². The fourth-order valence-corrected chi connectivity index (χ4v) is 7.73. The van der Waals surface area contributed by atoms with Crippen molar-refractivity contribution in [2.75, 3.05) is 9.86 Å². The molecule has 0 saturated heterocycles. The molecule has 1 atom stereocenters. The molecular formula is C12H23IO2. The van der Waals surface area contributed by atoms with E-state index < -0.39 is 25.8 Å². The van der Waals surface area contributed by atoms with Gasteiger partial charge in [0.1, 0.15) is 0 Å². The Balaban J connectivity index is 2.84. The average Bonchev–Trinajstić information content (AvgIpc) is 2.52. The molecule has 90 valence electrons. The Morgan fingerprint density at radius 1 is 1.33 bits per heavy atom. The van der Waals surface area contributed by atoms with Crippen LogP contribution >= 0.6 is 19.8 Å². The Bertz CT molecular complexity index is 230. The van der Waals surface area contributed by atoms with E-state index in [-0.39, 0.29) is 9.34 Å². The molecule has 2 nitrogen and oxygen atoms in total. The first kappa shape index (κ1) is 13.3.